The molecule has 0 saturated carbocycles. The van der Waals surface area contributed by atoms with E-state index in [0.717, 1.165) is 0 Å². The molecule has 0 nitrogen and oxygen atoms in total. The Hall–Kier alpha value is -1.04. The Morgan fingerprint density at radius 1 is 1.23 bits per heavy atom. The smallest absolute Gasteiger partial charge is 0.0219 e. The Morgan fingerprint density at radius 2 is 2.08 bits per heavy atom. The molecule has 1 aliphatic carbocycles. The standard InChI is InChI=1S/C13H16/c1-10(2)12-8-7-11-5-3-4-6-13(11)9-12/h4,6-10H,3,5H2,1-2H3. The topological polar surface area (TPSA) is 0 Å². The van der Waals surface area contributed by atoms with Crippen LogP contribution in [0.5, 0.6) is 0 Å². The highest BCUT2D eigenvalue weighted by molar-refractivity contribution is 5.57. The van der Waals surface area contributed by atoms with E-state index in [-0.39, 0.29) is 0 Å². The molecule has 13 heavy (non-hydrogen) atoms. The molecule has 0 fully saturated rings. The van der Waals surface area contributed by atoms with Gasteiger partial charge >= 0.3 is 0 Å². The fourth-order valence-corrected chi connectivity index (χ4v) is 1.80. The number of aryl methyl sites for hydroxylation is 1. The minimum atomic E-state index is 0.639. The van der Waals surface area contributed by atoms with Crippen LogP contribution in [0.25, 0.3) is 6.08 Å². The van der Waals surface area contributed by atoms with Crippen LogP contribution in [0.15, 0.2) is 24.3 Å². The van der Waals surface area contributed by atoms with Crippen LogP contribution in [-0.2, 0) is 6.42 Å². The van der Waals surface area contributed by atoms with Crippen molar-refractivity contribution in [2.45, 2.75) is 32.6 Å². The minimum absolute atomic E-state index is 0.639. The lowest BCUT2D eigenvalue weighted by atomic mass is 9.92. The van der Waals surface area contributed by atoms with Crippen LogP contribution in [0.2, 0.25) is 0 Å². The molecule has 1 aromatic carbocycles. The van der Waals surface area contributed by atoms with E-state index in [9.17, 15) is 0 Å². The highest BCUT2D eigenvalue weighted by Crippen LogP contribution is 2.23. The van der Waals surface area contributed by atoms with Gasteiger partial charge in [-0.2, -0.15) is 0 Å². The fraction of sp³-hybridized carbons (Fsp3) is 0.385. The molecule has 0 aliphatic heterocycles. The first-order chi connectivity index (χ1) is 6.27. The molecular formula is C13H16. The molecule has 2 rings (SSSR count). The Balaban J connectivity index is 2.43. The number of hydrogen-bond donors (Lipinski definition) is 0. The molecule has 0 heteroatoms. The molecule has 0 spiro atoms. The van der Waals surface area contributed by atoms with Crippen LogP contribution in [0.1, 0.15) is 42.9 Å². The second-order valence-electron chi connectivity index (χ2n) is 4.05. The van der Waals surface area contributed by atoms with Crippen molar-refractivity contribution in [1.29, 1.82) is 0 Å². The largest absolute Gasteiger partial charge is 0.0836 e. The van der Waals surface area contributed by atoms with E-state index in [4.69, 9.17) is 0 Å². The van der Waals surface area contributed by atoms with Gasteiger partial charge in [-0.05, 0) is 35.4 Å². The summed E-state index contributed by atoms with van der Waals surface area (Å²) in [4.78, 5) is 0. The van der Waals surface area contributed by atoms with Crippen molar-refractivity contribution in [2.75, 3.05) is 0 Å². The van der Waals surface area contributed by atoms with Crippen LogP contribution < -0.4 is 0 Å². The molecule has 0 bridgehead atoms. The van der Waals surface area contributed by atoms with E-state index in [1.807, 2.05) is 0 Å². The van der Waals surface area contributed by atoms with Crippen LogP contribution in [-0.4, -0.2) is 0 Å². The Bertz CT molecular complexity index is 332. The zero-order valence-electron chi connectivity index (χ0n) is 8.38. The predicted octanol–water partition coefficient (Wildman–Crippen LogP) is 3.77. The van der Waals surface area contributed by atoms with Crippen molar-refractivity contribution < 1.29 is 0 Å². The normalized spacial score (nSPS) is 14.7. The maximum absolute atomic E-state index is 2.33. The lowest BCUT2D eigenvalue weighted by Crippen LogP contribution is -1.96. The van der Waals surface area contributed by atoms with Crippen molar-refractivity contribution >= 4 is 6.08 Å². The zero-order chi connectivity index (χ0) is 9.26. The van der Waals surface area contributed by atoms with Crippen molar-refractivity contribution in [3.05, 3.63) is 41.0 Å². The van der Waals surface area contributed by atoms with Gasteiger partial charge in [-0.3, -0.25) is 0 Å². The van der Waals surface area contributed by atoms with Gasteiger partial charge in [0.05, 0.1) is 0 Å². The summed E-state index contributed by atoms with van der Waals surface area (Å²) < 4.78 is 0. The van der Waals surface area contributed by atoms with E-state index in [0.29, 0.717) is 5.92 Å². The van der Waals surface area contributed by atoms with Gasteiger partial charge in [-0.1, -0.05) is 44.2 Å². The minimum Gasteiger partial charge on any atom is -0.0836 e. The third kappa shape index (κ3) is 1.67. The summed E-state index contributed by atoms with van der Waals surface area (Å²) in [6.45, 7) is 4.49. The molecule has 0 radical (unpaired) electrons. The second kappa shape index (κ2) is 3.37. The molecular weight excluding hydrogens is 156 g/mol. The van der Waals surface area contributed by atoms with E-state index in [1.54, 1.807) is 0 Å². The summed E-state index contributed by atoms with van der Waals surface area (Å²) in [5.74, 6) is 0.639. The highest BCUT2D eigenvalue weighted by Gasteiger charge is 2.06. The van der Waals surface area contributed by atoms with Crippen LogP contribution in [0.3, 0.4) is 0 Å². The van der Waals surface area contributed by atoms with Gasteiger partial charge in [0.15, 0.2) is 0 Å². The van der Waals surface area contributed by atoms with Crippen molar-refractivity contribution in [2.24, 2.45) is 0 Å². The summed E-state index contributed by atoms with van der Waals surface area (Å²) in [6.07, 6.45) is 6.94. The summed E-state index contributed by atoms with van der Waals surface area (Å²) in [5.41, 5.74) is 4.38. The number of rotatable bonds is 1. The summed E-state index contributed by atoms with van der Waals surface area (Å²) in [5, 5.41) is 0. The van der Waals surface area contributed by atoms with Gasteiger partial charge in [0.2, 0.25) is 0 Å². The van der Waals surface area contributed by atoms with Crippen molar-refractivity contribution in [1.82, 2.24) is 0 Å². The van der Waals surface area contributed by atoms with E-state index >= 15 is 0 Å². The molecule has 68 valence electrons. The van der Waals surface area contributed by atoms with E-state index < -0.39 is 0 Å². The van der Waals surface area contributed by atoms with Crippen LogP contribution in [0, 0.1) is 0 Å². The average Bonchev–Trinajstić information content (AvgIpc) is 2.17. The summed E-state index contributed by atoms with van der Waals surface area (Å²) in [7, 11) is 0. The molecule has 0 atom stereocenters. The second-order valence-corrected chi connectivity index (χ2v) is 4.05. The molecule has 0 aromatic heterocycles. The van der Waals surface area contributed by atoms with Crippen LogP contribution >= 0.6 is 0 Å². The first-order valence-corrected chi connectivity index (χ1v) is 5.07. The maximum Gasteiger partial charge on any atom is -0.0219 e. The maximum atomic E-state index is 2.33. The number of hydrogen-bond acceptors (Lipinski definition) is 0. The molecule has 0 amide bonds. The third-order valence-corrected chi connectivity index (χ3v) is 2.71. The lowest BCUT2D eigenvalue weighted by molar-refractivity contribution is 0.861. The first kappa shape index (κ1) is 8.55. The first-order valence-electron chi connectivity index (χ1n) is 5.07. The van der Waals surface area contributed by atoms with Gasteiger partial charge in [0.1, 0.15) is 0 Å². The monoisotopic (exact) mass is 172 g/mol. The molecule has 0 saturated heterocycles. The van der Waals surface area contributed by atoms with Gasteiger partial charge < -0.3 is 0 Å². The van der Waals surface area contributed by atoms with Gasteiger partial charge in [0, 0.05) is 0 Å². The molecule has 0 unspecified atom stereocenters. The fourth-order valence-electron chi connectivity index (χ4n) is 1.80. The van der Waals surface area contributed by atoms with Gasteiger partial charge in [-0.15, -0.1) is 0 Å². The SMILES string of the molecule is CC(C)c1ccc2c(c1)C=CCC2. The van der Waals surface area contributed by atoms with Gasteiger partial charge in [-0.25, -0.2) is 0 Å². The molecule has 1 aromatic rings. The van der Waals surface area contributed by atoms with Crippen molar-refractivity contribution in [3.63, 3.8) is 0 Å². The molecule has 1 aliphatic rings. The predicted molar refractivity (Wildman–Crippen MR) is 57.9 cm³/mol. The Kier molecular flexibility index (Phi) is 2.22. The van der Waals surface area contributed by atoms with E-state index in [2.05, 4.69) is 44.2 Å². The van der Waals surface area contributed by atoms with Gasteiger partial charge in [0.25, 0.3) is 0 Å². The van der Waals surface area contributed by atoms with E-state index in [1.165, 1.54) is 29.5 Å². The summed E-state index contributed by atoms with van der Waals surface area (Å²) in [6, 6.07) is 6.88. The molecule has 0 heterocycles. The number of fused-ring (bicyclic) bond motifs is 1. The number of allylic oxidation sites excluding steroid dienone is 1. The highest BCUT2D eigenvalue weighted by atomic mass is 14.1. The lowest BCUT2D eigenvalue weighted by Gasteiger charge is -2.13. The van der Waals surface area contributed by atoms with Crippen LogP contribution in [0.4, 0.5) is 0 Å². The Labute approximate surface area is 80.3 Å². The summed E-state index contributed by atoms with van der Waals surface area (Å²) >= 11 is 0. The third-order valence-electron chi connectivity index (χ3n) is 2.71. The van der Waals surface area contributed by atoms with Crippen molar-refractivity contribution in [3.8, 4) is 0 Å². The average molecular weight is 172 g/mol. The number of benzene rings is 1. The molecule has 0 N–H and O–H groups in total. The zero-order valence-corrected chi connectivity index (χ0v) is 8.38. The quantitative estimate of drug-likeness (QED) is 0.605. The Morgan fingerprint density at radius 3 is 2.85 bits per heavy atom.